The van der Waals surface area contributed by atoms with Gasteiger partial charge in [-0.25, -0.2) is 30.7 Å². The normalized spacial score (nSPS) is 24.5. The molecule has 2 aliphatic rings. The molecule has 2 aromatic carbocycles. The summed E-state index contributed by atoms with van der Waals surface area (Å²) in [6.07, 6.45) is 0.423. The number of sulfonamides is 1. The summed E-state index contributed by atoms with van der Waals surface area (Å²) >= 11 is 0. The summed E-state index contributed by atoms with van der Waals surface area (Å²) in [4.78, 5) is 13.9. The average Bonchev–Trinajstić information content (AvgIpc) is 3.36. The van der Waals surface area contributed by atoms with Crippen LogP contribution in [0.15, 0.2) is 42.5 Å². The molecule has 1 amide bonds. The highest BCUT2D eigenvalue weighted by Gasteiger charge is 2.57. The lowest BCUT2D eigenvalue weighted by Gasteiger charge is -2.29. The van der Waals surface area contributed by atoms with E-state index in [1.807, 2.05) is 4.72 Å². The maximum Gasteiger partial charge on any atom is 0.283 e. The second-order valence-corrected chi connectivity index (χ2v) is 10.4. The SMILES string of the molecule is CS(=O)(=O)N[C@@H]1[C@H](Cc2cccc(-c3cccc(F)c3)c2F)N(C(=O)[C@H]2CCCO2)CC1(F)F. The number of halogens is 4. The Balaban J connectivity index is 1.72. The molecule has 2 aliphatic heterocycles. The van der Waals surface area contributed by atoms with Crippen molar-refractivity contribution in [2.24, 2.45) is 0 Å². The summed E-state index contributed by atoms with van der Waals surface area (Å²) in [7, 11) is -4.07. The van der Waals surface area contributed by atoms with E-state index < -0.39 is 58.2 Å². The quantitative estimate of drug-likeness (QED) is 0.619. The highest BCUT2D eigenvalue weighted by atomic mass is 32.2. The maximum atomic E-state index is 15.5. The van der Waals surface area contributed by atoms with Gasteiger partial charge in [0, 0.05) is 12.2 Å². The number of ether oxygens (including phenoxy) is 1. The molecule has 184 valence electrons. The van der Waals surface area contributed by atoms with Gasteiger partial charge in [-0.2, -0.15) is 0 Å². The van der Waals surface area contributed by atoms with Gasteiger partial charge in [-0.05, 0) is 42.5 Å². The average molecular weight is 501 g/mol. The number of alkyl halides is 2. The van der Waals surface area contributed by atoms with Crippen molar-refractivity contribution >= 4 is 15.9 Å². The second-order valence-electron chi connectivity index (χ2n) is 8.66. The summed E-state index contributed by atoms with van der Waals surface area (Å²) in [5, 5.41) is 0. The van der Waals surface area contributed by atoms with E-state index in [2.05, 4.69) is 0 Å². The summed E-state index contributed by atoms with van der Waals surface area (Å²) in [6.45, 7) is -0.699. The molecule has 34 heavy (non-hydrogen) atoms. The van der Waals surface area contributed by atoms with E-state index in [1.165, 1.54) is 36.4 Å². The molecule has 2 fully saturated rings. The van der Waals surface area contributed by atoms with Gasteiger partial charge < -0.3 is 9.64 Å². The molecular formula is C23H24F4N2O4S. The number of benzene rings is 2. The molecule has 0 bridgehead atoms. The van der Waals surface area contributed by atoms with Gasteiger partial charge in [0.05, 0.1) is 18.8 Å². The van der Waals surface area contributed by atoms with Gasteiger partial charge in [0.15, 0.2) is 0 Å². The van der Waals surface area contributed by atoms with Gasteiger partial charge >= 0.3 is 0 Å². The second kappa shape index (κ2) is 9.27. The Labute approximate surface area is 194 Å². The number of carbonyl (C=O) groups excluding carboxylic acids is 1. The van der Waals surface area contributed by atoms with Crippen molar-refractivity contribution in [1.82, 2.24) is 9.62 Å². The first-order valence-corrected chi connectivity index (χ1v) is 12.7. The predicted octanol–water partition coefficient (Wildman–Crippen LogP) is 3.12. The van der Waals surface area contributed by atoms with E-state index >= 15 is 4.39 Å². The first-order chi connectivity index (χ1) is 16.0. The van der Waals surface area contributed by atoms with Gasteiger partial charge in [0.25, 0.3) is 11.8 Å². The molecule has 2 saturated heterocycles. The lowest BCUT2D eigenvalue weighted by molar-refractivity contribution is -0.143. The Bertz CT molecular complexity index is 1190. The Morgan fingerprint density at radius 2 is 1.94 bits per heavy atom. The van der Waals surface area contributed by atoms with Crippen LogP contribution in [0.1, 0.15) is 18.4 Å². The largest absolute Gasteiger partial charge is 0.368 e. The smallest absolute Gasteiger partial charge is 0.283 e. The number of rotatable bonds is 6. The standard InChI is InChI=1S/C23H24F4N2O4S/c1-34(31,32)28-21-18(29(13-23(21,26)27)22(30)19-9-4-10-33-19)12-15-6-3-8-17(20(15)25)14-5-2-7-16(24)11-14/h2-3,5-8,11,18-19,21,28H,4,9-10,12-13H2,1H3/t18-,19+,21+/m0/s1. The fourth-order valence-electron chi connectivity index (χ4n) is 4.57. The third-order valence-corrected chi connectivity index (χ3v) is 6.78. The topological polar surface area (TPSA) is 75.7 Å². The van der Waals surface area contributed by atoms with E-state index in [-0.39, 0.29) is 23.1 Å². The lowest BCUT2D eigenvalue weighted by atomic mass is 9.95. The highest BCUT2D eigenvalue weighted by Crippen LogP contribution is 2.37. The number of nitrogens with one attached hydrogen (secondary N) is 1. The Morgan fingerprint density at radius 3 is 2.59 bits per heavy atom. The predicted molar refractivity (Wildman–Crippen MR) is 117 cm³/mol. The Hall–Kier alpha value is -2.50. The van der Waals surface area contributed by atoms with E-state index in [9.17, 15) is 26.4 Å². The summed E-state index contributed by atoms with van der Waals surface area (Å²) in [5.41, 5.74) is 0.315. The number of likely N-dealkylation sites (tertiary alicyclic amines) is 1. The molecule has 11 heteroatoms. The Kier molecular flexibility index (Phi) is 6.71. The van der Waals surface area contributed by atoms with Crippen LogP contribution in [0.2, 0.25) is 0 Å². The van der Waals surface area contributed by atoms with E-state index in [4.69, 9.17) is 4.74 Å². The van der Waals surface area contributed by atoms with Crippen LogP contribution in [0.5, 0.6) is 0 Å². The fraction of sp³-hybridized carbons (Fsp3) is 0.435. The first kappa shape index (κ1) is 24.6. The summed E-state index contributed by atoms with van der Waals surface area (Å²) in [6, 6.07) is 6.27. The molecule has 0 unspecified atom stereocenters. The molecule has 0 aliphatic carbocycles. The number of amides is 1. The summed E-state index contributed by atoms with van der Waals surface area (Å²) < 4.78 is 90.1. The molecule has 1 N–H and O–H groups in total. The third kappa shape index (κ3) is 5.11. The molecule has 4 rings (SSSR count). The van der Waals surface area contributed by atoms with Gasteiger partial charge in [-0.15, -0.1) is 0 Å². The minimum Gasteiger partial charge on any atom is -0.368 e. The van der Waals surface area contributed by atoms with Crippen LogP contribution in [-0.4, -0.2) is 62.7 Å². The van der Waals surface area contributed by atoms with Crippen LogP contribution >= 0.6 is 0 Å². The van der Waals surface area contributed by atoms with Crippen LogP contribution in [0.25, 0.3) is 11.1 Å². The molecule has 3 atom stereocenters. The summed E-state index contributed by atoms with van der Waals surface area (Å²) in [5.74, 6) is -5.59. The number of hydrogen-bond donors (Lipinski definition) is 1. The Morgan fingerprint density at radius 1 is 1.21 bits per heavy atom. The molecule has 0 spiro atoms. The van der Waals surface area contributed by atoms with E-state index in [1.54, 1.807) is 0 Å². The van der Waals surface area contributed by atoms with E-state index in [0.29, 0.717) is 19.4 Å². The van der Waals surface area contributed by atoms with Gasteiger partial charge in [0.2, 0.25) is 10.0 Å². The molecular weight excluding hydrogens is 476 g/mol. The van der Waals surface area contributed by atoms with Crippen molar-refractivity contribution in [3.8, 4) is 11.1 Å². The fourth-order valence-corrected chi connectivity index (χ4v) is 5.36. The van der Waals surface area contributed by atoms with Crippen LogP contribution in [0.4, 0.5) is 17.6 Å². The molecule has 0 saturated carbocycles. The highest BCUT2D eigenvalue weighted by molar-refractivity contribution is 7.88. The monoisotopic (exact) mass is 500 g/mol. The molecule has 2 aromatic rings. The van der Waals surface area contributed by atoms with Crippen LogP contribution in [0.3, 0.4) is 0 Å². The van der Waals surface area contributed by atoms with Gasteiger partial charge in [0.1, 0.15) is 23.8 Å². The third-order valence-electron chi connectivity index (χ3n) is 6.09. The maximum absolute atomic E-state index is 15.5. The minimum absolute atomic E-state index is 0.00472. The van der Waals surface area contributed by atoms with Crippen molar-refractivity contribution in [2.45, 2.75) is 43.4 Å². The molecule has 2 heterocycles. The molecule has 0 radical (unpaired) electrons. The van der Waals surface area contributed by atoms with E-state index in [0.717, 1.165) is 17.2 Å². The van der Waals surface area contributed by atoms with Crippen LogP contribution < -0.4 is 4.72 Å². The van der Waals surface area contributed by atoms with Gasteiger partial charge in [-0.1, -0.05) is 30.3 Å². The zero-order chi connectivity index (χ0) is 24.7. The van der Waals surface area contributed by atoms with Crippen molar-refractivity contribution in [2.75, 3.05) is 19.4 Å². The van der Waals surface area contributed by atoms with Gasteiger partial charge in [-0.3, -0.25) is 4.79 Å². The van der Waals surface area contributed by atoms with Crippen molar-refractivity contribution in [1.29, 1.82) is 0 Å². The van der Waals surface area contributed by atoms with Crippen molar-refractivity contribution in [3.05, 3.63) is 59.7 Å². The number of hydrogen-bond acceptors (Lipinski definition) is 4. The number of carbonyl (C=O) groups is 1. The zero-order valence-corrected chi connectivity index (χ0v) is 19.1. The molecule has 0 aromatic heterocycles. The van der Waals surface area contributed by atoms with Crippen molar-refractivity contribution < 1.29 is 35.5 Å². The van der Waals surface area contributed by atoms with Crippen LogP contribution in [0, 0.1) is 11.6 Å². The van der Waals surface area contributed by atoms with Crippen LogP contribution in [-0.2, 0) is 26.0 Å². The lowest BCUT2D eigenvalue weighted by Crippen LogP contribution is -2.53. The number of nitrogens with zero attached hydrogens (tertiary/aromatic N) is 1. The first-order valence-electron chi connectivity index (χ1n) is 10.8. The minimum atomic E-state index is -4.07. The molecule has 6 nitrogen and oxygen atoms in total. The zero-order valence-electron chi connectivity index (χ0n) is 18.3. The van der Waals surface area contributed by atoms with Crippen molar-refractivity contribution in [3.63, 3.8) is 0 Å².